The fourth-order valence-electron chi connectivity index (χ4n) is 2.14. The van der Waals surface area contributed by atoms with Gasteiger partial charge in [-0.25, -0.2) is 9.59 Å². The van der Waals surface area contributed by atoms with Gasteiger partial charge in [0.2, 0.25) is 0 Å². The summed E-state index contributed by atoms with van der Waals surface area (Å²) < 4.78 is 17.7. The average molecular weight is 290 g/mol. The number of hydrogen-bond donors (Lipinski definition) is 1. The first kappa shape index (κ1) is 16.5. The number of carbonyl (C=O) groups excluding carboxylic acids is 1. The van der Waals surface area contributed by atoms with Gasteiger partial charge in [0.05, 0.1) is 12.7 Å². The maximum absolute atomic E-state index is 12.4. The van der Waals surface area contributed by atoms with Gasteiger partial charge >= 0.3 is 12.2 Å². The number of carboxylic acid groups (broad SMARTS) is 1. The highest BCUT2D eigenvalue weighted by Crippen LogP contribution is 2.19. The Bertz CT molecular complexity index is 357. The van der Waals surface area contributed by atoms with Crippen LogP contribution in [0.2, 0.25) is 0 Å². The van der Waals surface area contributed by atoms with E-state index < -0.39 is 24.5 Å². The average Bonchev–Trinajstić information content (AvgIpc) is 2.76. The Hall–Kier alpha value is -1.53. The fraction of sp³-hybridized carbons (Fsp3) is 0.846. The first-order valence-electron chi connectivity index (χ1n) is 6.78. The molecular formula is C13H23FN2O4. The molecule has 1 saturated heterocycles. The molecule has 1 aliphatic rings. The summed E-state index contributed by atoms with van der Waals surface area (Å²) in [6.07, 6.45) is -0.731. The molecular weight excluding hydrogens is 267 g/mol. The summed E-state index contributed by atoms with van der Waals surface area (Å²) in [5.41, 5.74) is -0.629. The molecule has 1 atom stereocenters. The Kier molecular flexibility index (Phi) is 5.59. The molecule has 1 fully saturated rings. The summed E-state index contributed by atoms with van der Waals surface area (Å²) in [5, 5.41) is 8.95. The number of alkyl halides is 1. The monoisotopic (exact) mass is 290 g/mol. The zero-order chi connectivity index (χ0) is 15.3. The van der Waals surface area contributed by atoms with Crippen molar-refractivity contribution in [1.29, 1.82) is 0 Å². The topological polar surface area (TPSA) is 70.1 Å². The second kappa shape index (κ2) is 6.76. The molecule has 1 unspecified atom stereocenters. The highest BCUT2D eigenvalue weighted by Gasteiger charge is 2.34. The van der Waals surface area contributed by atoms with Gasteiger partial charge < -0.3 is 19.6 Å². The van der Waals surface area contributed by atoms with E-state index in [1.165, 1.54) is 9.80 Å². The van der Waals surface area contributed by atoms with Gasteiger partial charge in [-0.1, -0.05) is 0 Å². The lowest BCUT2D eigenvalue weighted by Crippen LogP contribution is -2.45. The third-order valence-corrected chi connectivity index (χ3v) is 3.04. The van der Waals surface area contributed by atoms with E-state index in [1.807, 2.05) is 0 Å². The maximum atomic E-state index is 12.4. The molecule has 7 heteroatoms. The van der Waals surface area contributed by atoms with Gasteiger partial charge in [0.1, 0.15) is 5.60 Å². The predicted molar refractivity (Wildman–Crippen MR) is 71.5 cm³/mol. The van der Waals surface area contributed by atoms with Crippen LogP contribution in [-0.2, 0) is 4.74 Å². The molecule has 20 heavy (non-hydrogen) atoms. The van der Waals surface area contributed by atoms with E-state index in [0.29, 0.717) is 13.0 Å². The highest BCUT2D eigenvalue weighted by molar-refractivity contribution is 5.69. The second-order valence-corrected chi connectivity index (χ2v) is 5.89. The molecule has 1 rings (SSSR count). The third kappa shape index (κ3) is 4.86. The molecule has 0 spiro atoms. The minimum Gasteiger partial charge on any atom is -0.465 e. The van der Waals surface area contributed by atoms with E-state index in [4.69, 9.17) is 9.84 Å². The van der Waals surface area contributed by atoms with Gasteiger partial charge in [-0.05, 0) is 33.6 Å². The van der Waals surface area contributed by atoms with Crippen LogP contribution >= 0.6 is 0 Å². The quantitative estimate of drug-likeness (QED) is 0.862. The molecule has 6 nitrogen and oxygen atoms in total. The van der Waals surface area contributed by atoms with E-state index >= 15 is 0 Å². The molecule has 0 saturated carbocycles. The van der Waals surface area contributed by atoms with Crippen LogP contribution in [0.1, 0.15) is 33.6 Å². The molecule has 1 N–H and O–H groups in total. The summed E-state index contributed by atoms with van der Waals surface area (Å²) in [6.45, 7) is 5.64. The standard InChI is InChI=1S/C13H23FN2O4/c1-13(2,3)20-12(19)16(7-4-6-14)10-5-8-15(9-10)11(17)18/h10H,4-9H2,1-3H3,(H,17,18). The number of halogens is 1. The molecule has 116 valence electrons. The van der Waals surface area contributed by atoms with Crippen molar-refractivity contribution in [2.75, 3.05) is 26.3 Å². The first-order valence-corrected chi connectivity index (χ1v) is 6.78. The molecule has 0 radical (unpaired) electrons. The van der Waals surface area contributed by atoms with Gasteiger partial charge in [-0.15, -0.1) is 0 Å². The van der Waals surface area contributed by atoms with Crippen molar-refractivity contribution in [3.05, 3.63) is 0 Å². The second-order valence-electron chi connectivity index (χ2n) is 5.89. The normalized spacial score (nSPS) is 19.0. The van der Waals surface area contributed by atoms with Crippen molar-refractivity contribution < 1.29 is 23.8 Å². The van der Waals surface area contributed by atoms with E-state index in [-0.39, 0.29) is 25.6 Å². The molecule has 1 aliphatic heterocycles. The number of nitrogens with zero attached hydrogens (tertiary/aromatic N) is 2. The number of carbonyl (C=O) groups is 2. The van der Waals surface area contributed by atoms with Crippen LogP contribution < -0.4 is 0 Å². The van der Waals surface area contributed by atoms with Crippen LogP contribution in [0.15, 0.2) is 0 Å². The van der Waals surface area contributed by atoms with Crippen LogP contribution in [0.5, 0.6) is 0 Å². The van der Waals surface area contributed by atoms with Crippen LogP contribution in [0.25, 0.3) is 0 Å². The number of ether oxygens (including phenoxy) is 1. The van der Waals surface area contributed by atoms with Gasteiger partial charge in [-0.3, -0.25) is 4.39 Å². The first-order chi connectivity index (χ1) is 9.24. The smallest absolute Gasteiger partial charge is 0.410 e. The highest BCUT2D eigenvalue weighted by atomic mass is 19.1. The zero-order valence-corrected chi connectivity index (χ0v) is 12.3. The summed E-state index contributed by atoms with van der Waals surface area (Å²) >= 11 is 0. The molecule has 0 aromatic rings. The molecule has 0 aromatic carbocycles. The molecule has 0 aliphatic carbocycles. The lowest BCUT2D eigenvalue weighted by Gasteiger charge is -2.31. The van der Waals surface area contributed by atoms with Crippen molar-refractivity contribution in [2.45, 2.75) is 45.3 Å². The van der Waals surface area contributed by atoms with Gasteiger partial charge in [0.15, 0.2) is 0 Å². The summed E-state index contributed by atoms with van der Waals surface area (Å²) in [6, 6.07) is -0.243. The maximum Gasteiger partial charge on any atom is 0.410 e. The molecule has 1 heterocycles. The minimum atomic E-state index is -0.998. The van der Waals surface area contributed by atoms with Crippen LogP contribution in [0, 0.1) is 0 Å². The number of likely N-dealkylation sites (tertiary alicyclic amines) is 1. The Morgan fingerprint density at radius 1 is 1.45 bits per heavy atom. The number of rotatable bonds is 4. The van der Waals surface area contributed by atoms with Crippen LogP contribution in [0.3, 0.4) is 0 Å². The molecule has 0 bridgehead atoms. The predicted octanol–water partition coefficient (Wildman–Crippen LogP) is 2.34. The summed E-state index contributed by atoms with van der Waals surface area (Å²) in [5.74, 6) is 0. The summed E-state index contributed by atoms with van der Waals surface area (Å²) in [7, 11) is 0. The Morgan fingerprint density at radius 3 is 2.55 bits per heavy atom. The van der Waals surface area contributed by atoms with Crippen LogP contribution in [-0.4, -0.2) is 65.0 Å². The third-order valence-electron chi connectivity index (χ3n) is 3.04. The number of hydrogen-bond acceptors (Lipinski definition) is 3. The van der Waals surface area contributed by atoms with Crippen molar-refractivity contribution in [1.82, 2.24) is 9.80 Å². The Labute approximate surface area is 118 Å². The SMILES string of the molecule is CC(C)(C)OC(=O)N(CCCF)C1CCN(C(=O)O)C1. The lowest BCUT2D eigenvalue weighted by molar-refractivity contribution is 0.0161. The minimum absolute atomic E-state index is 0.225. The van der Waals surface area contributed by atoms with Gasteiger partial charge in [0.25, 0.3) is 0 Å². The van der Waals surface area contributed by atoms with E-state index in [9.17, 15) is 14.0 Å². The number of amides is 2. The van der Waals surface area contributed by atoms with E-state index in [0.717, 1.165) is 0 Å². The van der Waals surface area contributed by atoms with Crippen molar-refractivity contribution in [3.63, 3.8) is 0 Å². The molecule has 0 aromatic heterocycles. The lowest BCUT2D eigenvalue weighted by atomic mass is 10.2. The van der Waals surface area contributed by atoms with Crippen LogP contribution in [0.4, 0.5) is 14.0 Å². The van der Waals surface area contributed by atoms with Crippen molar-refractivity contribution in [2.24, 2.45) is 0 Å². The largest absolute Gasteiger partial charge is 0.465 e. The molecule has 2 amide bonds. The van der Waals surface area contributed by atoms with Gasteiger partial charge in [0, 0.05) is 19.6 Å². The van der Waals surface area contributed by atoms with Crippen molar-refractivity contribution >= 4 is 12.2 Å². The Balaban J connectivity index is 2.69. The fourth-order valence-corrected chi connectivity index (χ4v) is 2.14. The van der Waals surface area contributed by atoms with Crippen molar-refractivity contribution in [3.8, 4) is 0 Å². The van der Waals surface area contributed by atoms with Gasteiger partial charge in [-0.2, -0.15) is 0 Å². The van der Waals surface area contributed by atoms with E-state index in [1.54, 1.807) is 20.8 Å². The zero-order valence-electron chi connectivity index (χ0n) is 12.3. The van der Waals surface area contributed by atoms with E-state index in [2.05, 4.69) is 0 Å². The summed E-state index contributed by atoms with van der Waals surface area (Å²) in [4.78, 5) is 25.8. The Morgan fingerprint density at radius 2 is 2.10 bits per heavy atom.